The highest BCUT2D eigenvalue weighted by molar-refractivity contribution is 7.89. The third kappa shape index (κ3) is 3.71. The van der Waals surface area contributed by atoms with Crippen LogP contribution in [-0.4, -0.2) is 25.5 Å². The van der Waals surface area contributed by atoms with Gasteiger partial charge in [-0.1, -0.05) is 13.8 Å². The Morgan fingerprint density at radius 3 is 2.26 bits per heavy atom. The van der Waals surface area contributed by atoms with Gasteiger partial charge in [-0.3, -0.25) is 4.79 Å². The Bertz CT molecular complexity index is 586. The van der Waals surface area contributed by atoms with Gasteiger partial charge in [-0.05, 0) is 24.1 Å². The van der Waals surface area contributed by atoms with E-state index in [1.165, 1.54) is 13.8 Å². The molecule has 1 rings (SSSR count). The Kier molecular flexibility index (Phi) is 4.59. The Morgan fingerprint density at radius 2 is 1.84 bits per heavy atom. The Hall–Kier alpha value is -1.54. The van der Waals surface area contributed by atoms with E-state index in [0.717, 1.165) is 6.07 Å². The number of benzene rings is 1. The summed E-state index contributed by atoms with van der Waals surface area (Å²) < 4.78 is 51.3. The molecular weight excluding hydrogens is 280 g/mol. The molecule has 0 unspecified atom stereocenters. The zero-order valence-electron chi connectivity index (χ0n) is 10.2. The summed E-state index contributed by atoms with van der Waals surface area (Å²) in [5.74, 6) is -4.35. The van der Waals surface area contributed by atoms with Crippen LogP contribution in [0.15, 0.2) is 23.1 Å². The smallest absolute Gasteiger partial charge is 0.322 e. The quantitative estimate of drug-likeness (QED) is 0.858. The molecule has 0 aliphatic carbocycles. The third-order valence-corrected chi connectivity index (χ3v) is 3.85. The second kappa shape index (κ2) is 5.62. The number of halogens is 2. The van der Waals surface area contributed by atoms with Crippen molar-refractivity contribution in [1.29, 1.82) is 0 Å². The summed E-state index contributed by atoms with van der Waals surface area (Å²) in [7, 11) is -4.23. The molecular formula is C11H13F2NO4S. The number of carboxylic acids is 1. The number of carboxylic acid groups (broad SMARTS) is 1. The van der Waals surface area contributed by atoms with E-state index < -0.39 is 44.5 Å². The summed E-state index contributed by atoms with van der Waals surface area (Å²) >= 11 is 0. The summed E-state index contributed by atoms with van der Waals surface area (Å²) in [5.41, 5.74) is 0. The van der Waals surface area contributed by atoms with Gasteiger partial charge in [0.15, 0.2) is 11.6 Å². The van der Waals surface area contributed by atoms with Crippen molar-refractivity contribution < 1.29 is 27.1 Å². The Balaban J connectivity index is 3.10. The van der Waals surface area contributed by atoms with Gasteiger partial charge in [-0.25, -0.2) is 17.2 Å². The maximum atomic E-state index is 13.0. The number of nitrogens with one attached hydrogen (secondary N) is 1. The molecule has 0 bridgehead atoms. The summed E-state index contributed by atoms with van der Waals surface area (Å²) in [4.78, 5) is 10.4. The van der Waals surface area contributed by atoms with E-state index in [1.54, 1.807) is 0 Å². The monoisotopic (exact) mass is 293 g/mol. The first-order valence-electron chi connectivity index (χ1n) is 5.35. The SMILES string of the molecule is CC(C)[C@@H](NS(=O)(=O)c1ccc(F)c(F)c1)C(=O)O. The van der Waals surface area contributed by atoms with Gasteiger partial charge >= 0.3 is 5.97 Å². The molecule has 5 nitrogen and oxygen atoms in total. The molecule has 0 aliphatic heterocycles. The van der Waals surface area contributed by atoms with Crippen molar-refractivity contribution in [2.75, 3.05) is 0 Å². The molecule has 2 N–H and O–H groups in total. The van der Waals surface area contributed by atoms with Gasteiger partial charge in [0.25, 0.3) is 0 Å². The largest absolute Gasteiger partial charge is 0.480 e. The van der Waals surface area contributed by atoms with Crippen LogP contribution in [0, 0.1) is 17.6 Å². The van der Waals surface area contributed by atoms with Gasteiger partial charge in [-0.2, -0.15) is 4.72 Å². The minimum Gasteiger partial charge on any atom is -0.480 e. The van der Waals surface area contributed by atoms with Crippen LogP contribution < -0.4 is 4.72 Å². The standard InChI is InChI=1S/C11H13F2NO4S/c1-6(2)10(11(15)16)14-19(17,18)7-3-4-8(12)9(13)5-7/h3-6,10,14H,1-2H3,(H,15,16)/t10-/m1/s1. The number of rotatable bonds is 5. The van der Waals surface area contributed by atoms with Crippen molar-refractivity contribution in [3.63, 3.8) is 0 Å². The highest BCUT2D eigenvalue weighted by Gasteiger charge is 2.28. The van der Waals surface area contributed by atoms with E-state index in [0.29, 0.717) is 12.1 Å². The topological polar surface area (TPSA) is 83.5 Å². The van der Waals surface area contributed by atoms with E-state index in [4.69, 9.17) is 5.11 Å². The third-order valence-electron chi connectivity index (χ3n) is 2.42. The minimum atomic E-state index is -4.23. The molecule has 106 valence electrons. The molecule has 19 heavy (non-hydrogen) atoms. The highest BCUT2D eigenvalue weighted by atomic mass is 32.2. The van der Waals surface area contributed by atoms with Gasteiger partial charge in [0.2, 0.25) is 10.0 Å². The predicted molar refractivity (Wildman–Crippen MR) is 62.9 cm³/mol. The first kappa shape index (κ1) is 15.5. The predicted octanol–water partition coefficient (Wildman–Crippen LogP) is 1.35. The molecule has 0 saturated carbocycles. The van der Waals surface area contributed by atoms with Gasteiger partial charge in [-0.15, -0.1) is 0 Å². The summed E-state index contributed by atoms with van der Waals surface area (Å²) in [6.45, 7) is 3.04. The minimum absolute atomic E-state index is 0.497. The molecule has 1 aromatic rings. The van der Waals surface area contributed by atoms with Crippen molar-refractivity contribution in [1.82, 2.24) is 4.72 Å². The zero-order valence-corrected chi connectivity index (χ0v) is 11.0. The van der Waals surface area contributed by atoms with Crippen molar-refractivity contribution >= 4 is 16.0 Å². The van der Waals surface area contributed by atoms with Crippen LogP contribution in [0.1, 0.15) is 13.8 Å². The summed E-state index contributed by atoms with van der Waals surface area (Å²) in [5, 5.41) is 8.89. The van der Waals surface area contributed by atoms with E-state index >= 15 is 0 Å². The zero-order chi connectivity index (χ0) is 14.8. The number of hydrogen-bond acceptors (Lipinski definition) is 3. The molecule has 0 heterocycles. The first-order chi connectivity index (χ1) is 8.65. The molecule has 0 radical (unpaired) electrons. The van der Waals surface area contributed by atoms with Gasteiger partial charge in [0.05, 0.1) is 4.90 Å². The molecule has 8 heteroatoms. The first-order valence-corrected chi connectivity index (χ1v) is 6.83. The van der Waals surface area contributed by atoms with Gasteiger partial charge in [0, 0.05) is 0 Å². The normalized spacial score (nSPS) is 13.5. The van der Waals surface area contributed by atoms with Crippen LogP contribution in [0.3, 0.4) is 0 Å². The molecule has 0 saturated heterocycles. The van der Waals surface area contributed by atoms with Crippen LogP contribution in [0.5, 0.6) is 0 Å². The molecule has 0 spiro atoms. The van der Waals surface area contributed by atoms with Crippen molar-refractivity contribution in [2.24, 2.45) is 5.92 Å². The molecule has 0 aliphatic rings. The second-order valence-corrected chi connectivity index (χ2v) is 5.97. The van der Waals surface area contributed by atoms with Gasteiger partial charge < -0.3 is 5.11 Å². The Morgan fingerprint density at radius 1 is 1.26 bits per heavy atom. The number of hydrogen-bond donors (Lipinski definition) is 2. The molecule has 0 amide bonds. The van der Waals surface area contributed by atoms with Crippen LogP contribution in [0.4, 0.5) is 8.78 Å². The average Bonchev–Trinajstić information content (AvgIpc) is 2.28. The second-order valence-electron chi connectivity index (χ2n) is 4.26. The van der Waals surface area contributed by atoms with E-state index in [2.05, 4.69) is 0 Å². The lowest BCUT2D eigenvalue weighted by atomic mass is 10.1. The fourth-order valence-electron chi connectivity index (χ4n) is 1.35. The van der Waals surface area contributed by atoms with Crippen molar-refractivity contribution in [3.8, 4) is 0 Å². The summed E-state index contributed by atoms with van der Waals surface area (Å²) in [6.07, 6.45) is 0. The van der Waals surface area contributed by atoms with Crippen molar-refractivity contribution in [3.05, 3.63) is 29.8 Å². The lowest BCUT2D eigenvalue weighted by molar-refractivity contribution is -0.140. The Labute approximate surface area is 109 Å². The molecule has 1 aromatic carbocycles. The lowest BCUT2D eigenvalue weighted by Gasteiger charge is -2.17. The average molecular weight is 293 g/mol. The maximum Gasteiger partial charge on any atom is 0.322 e. The van der Waals surface area contributed by atoms with E-state index in [-0.39, 0.29) is 0 Å². The number of carbonyl (C=O) groups is 1. The van der Waals surface area contributed by atoms with Crippen LogP contribution in [0.25, 0.3) is 0 Å². The van der Waals surface area contributed by atoms with E-state index in [1.807, 2.05) is 4.72 Å². The number of sulfonamides is 1. The van der Waals surface area contributed by atoms with E-state index in [9.17, 15) is 22.0 Å². The molecule has 0 fully saturated rings. The summed E-state index contributed by atoms with van der Waals surface area (Å²) in [6, 6.07) is 0.671. The van der Waals surface area contributed by atoms with Gasteiger partial charge in [0.1, 0.15) is 6.04 Å². The maximum absolute atomic E-state index is 13.0. The van der Waals surface area contributed by atoms with Crippen molar-refractivity contribution in [2.45, 2.75) is 24.8 Å². The highest BCUT2D eigenvalue weighted by Crippen LogP contribution is 2.15. The van der Waals surface area contributed by atoms with Crippen LogP contribution >= 0.6 is 0 Å². The molecule has 1 atom stereocenters. The number of aliphatic carboxylic acids is 1. The molecule has 0 aromatic heterocycles. The fourth-order valence-corrected chi connectivity index (χ4v) is 2.70. The fraction of sp³-hybridized carbons (Fsp3) is 0.364. The lowest BCUT2D eigenvalue weighted by Crippen LogP contribution is -2.44. The van der Waals surface area contributed by atoms with Crippen LogP contribution in [0.2, 0.25) is 0 Å². The van der Waals surface area contributed by atoms with Crippen LogP contribution in [-0.2, 0) is 14.8 Å².